The zero-order chi connectivity index (χ0) is 18.7. The van der Waals surface area contributed by atoms with Crippen LogP contribution in [0.25, 0.3) is 0 Å². The number of rotatable bonds is 4. The minimum absolute atomic E-state index is 0.0476. The lowest BCUT2D eigenvalue weighted by Gasteiger charge is -2.22. The molecule has 0 atom stereocenters. The van der Waals surface area contributed by atoms with Crippen molar-refractivity contribution in [2.24, 2.45) is 4.99 Å². The van der Waals surface area contributed by atoms with Gasteiger partial charge in [-0.15, -0.1) is 0 Å². The summed E-state index contributed by atoms with van der Waals surface area (Å²) in [6.07, 6.45) is 1.56. The summed E-state index contributed by atoms with van der Waals surface area (Å²) >= 11 is 6.18. The highest BCUT2D eigenvalue weighted by Crippen LogP contribution is 2.29. The van der Waals surface area contributed by atoms with Crippen molar-refractivity contribution in [2.45, 2.75) is 6.92 Å². The summed E-state index contributed by atoms with van der Waals surface area (Å²) in [5, 5.41) is 11.3. The lowest BCUT2D eigenvalue weighted by Crippen LogP contribution is -2.33. The fourth-order valence-electron chi connectivity index (χ4n) is 2.72. The number of carbonyl (C=O) groups excluding carboxylic acids is 1. The topological polar surface area (TPSA) is 85.0 Å². The van der Waals surface area contributed by atoms with Crippen LogP contribution in [-0.2, 0) is 0 Å². The first-order valence-corrected chi connectivity index (χ1v) is 8.41. The Morgan fingerprint density at radius 3 is 2.85 bits per heavy atom. The van der Waals surface area contributed by atoms with Gasteiger partial charge >= 0.3 is 0 Å². The minimum Gasteiger partial charge on any atom is -0.492 e. The van der Waals surface area contributed by atoms with Gasteiger partial charge in [-0.25, -0.2) is 0 Å². The van der Waals surface area contributed by atoms with Gasteiger partial charge in [0, 0.05) is 36.0 Å². The van der Waals surface area contributed by atoms with Gasteiger partial charge in [-0.05, 0) is 31.2 Å². The standard InChI is InChI=1S/C18H16ClN3O4/c1-2-26-17-6-3-12(10-15(17)19)18(23)21-8-7-20-11-13-9-14(22(24)25)4-5-16(13)21/h3-6,9-11H,2,7-8H2,1H3. The van der Waals surface area contributed by atoms with Gasteiger partial charge < -0.3 is 9.64 Å². The molecule has 0 unspecified atom stereocenters. The molecular weight excluding hydrogens is 358 g/mol. The number of benzene rings is 2. The second kappa shape index (κ2) is 7.53. The number of amides is 1. The Morgan fingerprint density at radius 1 is 1.35 bits per heavy atom. The van der Waals surface area contributed by atoms with E-state index in [1.165, 1.54) is 12.1 Å². The second-order valence-corrected chi connectivity index (χ2v) is 5.98. The molecule has 1 amide bonds. The van der Waals surface area contributed by atoms with Gasteiger partial charge in [0.15, 0.2) is 0 Å². The van der Waals surface area contributed by atoms with E-state index in [0.717, 1.165) is 0 Å². The second-order valence-electron chi connectivity index (χ2n) is 5.57. The first kappa shape index (κ1) is 17.9. The van der Waals surface area contributed by atoms with E-state index in [2.05, 4.69) is 4.99 Å². The van der Waals surface area contributed by atoms with Gasteiger partial charge in [0.1, 0.15) is 5.75 Å². The predicted molar refractivity (Wildman–Crippen MR) is 99.9 cm³/mol. The first-order valence-electron chi connectivity index (χ1n) is 8.03. The number of halogens is 1. The van der Waals surface area contributed by atoms with Gasteiger partial charge in [0.25, 0.3) is 11.6 Å². The van der Waals surface area contributed by atoms with Gasteiger partial charge in [0.2, 0.25) is 0 Å². The molecule has 0 saturated carbocycles. The van der Waals surface area contributed by atoms with E-state index >= 15 is 0 Å². The summed E-state index contributed by atoms with van der Waals surface area (Å²) < 4.78 is 5.39. The van der Waals surface area contributed by atoms with Crippen LogP contribution in [0, 0.1) is 10.1 Å². The summed E-state index contributed by atoms with van der Waals surface area (Å²) in [4.78, 5) is 29.3. The molecule has 8 heteroatoms. The van der Waals surface area contributed by atoms with Gasteiger partial charge in [0.05, 0.1) is 28.8 Å². The summed E-state index contributed by atoms with van der Waals surface area (Å²) in [6, 6.07) is 9.23. The van der Waals surface area contributed by atoms with Crippen LogP contribution in [0.5, 0.6) is 5.75 Å². The van der Waals surface area contributed by atoms with Crippen LogP contribution >= 0.6 is 11.6 Å². The molecule has 2 aromatic rings. The normalized spacial score (nSPS) is 13.1. The highest BCUT2D eigenvalue weighted by Gasteiger charge is 2.23. The molecule has 134 valence electrons. The van der Waals surface area contributed by atoms with Gasteiger partial charge in [-0.2, -0.15) is 0 Å². The first-order chi connectivity index (χ1) is 12.5. The number of nitro groups is 1. The van der Waals surface area contributed by atoms with Crippen molar-refractivity contribution in [1.29, 1.82) is 0 Å². The Balaban J connectivity index is 1.96. The largest absolute Gasteiger partial charge is 0.492 e. The third kappa shape index (κ3) is 3.52. The van der Waals surface area contributed by atoms with E-state index < -0.39 is 4.92 Å². The van der Waals surface area contributed by atoms with Crippen LogP contribution in [-0.4, -0.2) is 36.7 Å². The SMILES string of the molecule is CCOc1ccc(C(=O)N2CCN=Cc3cc([N+](=O)[O-])ccc32)cc1Cl. The quantitative estimate of drug-likeness (QED) is 0.603. The molecule has 26 heavy (non-hydrogen) atoms. The maximum absolute atomic E-state index is 13.0. The number of nitro benzene ring substituents is 1. The third-order valence-electron chi connectivity index (χ3n) is 3.92. The number of nitrogens with zero attached hydrogens (tertiary/aromatic N) is 3. The third-order valence-corrected chi connectivity index (χ3v) is 4.21. The predicted octanol–water partition coefficient (Wildman–Crippen LogP) is 3.73. The molecule has 1 aliphatic heterocycles. The van der Waals surface area contributed by atoms with E-state index in [0.29, 0.717) is 47.3 Å². The molecule has 3 rings (SSSR count). The highest BCUT2D eigenvalue weighted by molar-refractivity contribution is 6.32. The molecule has 7 nitrogen and oxygen atoms in total. The van der Waals surface area contributed by atoms with Gasteiger partial charge in [-0.3, -0.25) is 19.9 Å². The van der Waals surface area contributed by atoms with Gasteiger partial charge in [-0.1, -0.05) is 11.6 Å². The number of hydrogen-bond acceptors (Lipinski definition) is 5. The van der Waals surface area contributed by atoms with Crippen molar-refractivity contribution in [2.75, 3.05) is 24.6 Å². The van der Waals surface area contributed by atoms with E-state index in [9.17, 15) is 14.9 Å². The summed E-state index contributed by atoms with van der Waals surface area (Å²) in [6.45, 7) is 3.09. The maximum atomic E-state index is 13.0. The average molecular weight is 374 g/mol. The summed E-state index contributed by atoms with van der Waals surface area (Å²) in [5.41, 5.74) is 1.47. The molecule has 0 fully saturated rings. The van der Waals surface area contributed by atoms with Crippen molar-refractivity contribution in [3.05, 3.63) is 62.7 Å². The summed E-state index contributed by atoms with van der Waals surface area (Å²) in [5.74, 6) is 0.261. The van der Waals surface area contributed by atoms with Crippen molar-refractivity contribution in [3.8, 4) is 5.75 Å². The van der Waals surface area contributed by atoms with Crippen LogP contribution in [0.15, 0.2) is 41.4 Å². The van der Waals surface area contributed by atoms with Crippen molar-refractivity contribution in [3.63, 3.8) is 0 Å². The van der Waals surface area contributed by atoms with Crippen LogP contribution in [0.4, 0.5) is 11.4 Å². The van der Waals surface area contributed by atoms with E-state index in [1.807, 2.05) is 6.92 Å². The molecule has 0 bridgehead atoms. The fourth-order valence-corrected chi connectivity index (χ4v) is 2.95. The lowest BCUT2D eigenvalue weighted by molar-refractivity contribution is -0.384. The zero-order valence-electron chi connectivity index (χ0n) is 14.0. The summed E-state index contributed by atoms with van der Waals surface area (Å²) in [7, 11) is 0. The molecular formula is C18H16ClN3O4. The fraction of sp³-hybridized carbons (Fsp3) is 0.222. The molecule has 1 heterocycles. The Bertz CT molecular complexity index is 898. The number of hydrogen-bond donors (Lipinski definition) is 0. The zero-order valence-corrected chi connectivity index (χ0v) is 14.8. The molecule has 2 aromatic carbocycles. The maximum Gasteiger partial charge on any atom is 0.270 e. The number of anilines is 1. The van der Waals surface area contributed by atoms with E-state index in [4.69, 9.17) is 16.3 Å². The number of carbonyl (C=O) groups is 1. The van der Waals surface area contributed by atoms with Crippen molar-refractivity contribution >= 4 is 35.1 Å². The number of fused-ring (bicyclic) bond motifs is 1. The molecule has 1 aliphatic rings. The number of ether oxygens (including phenoxy) is 1. The Kier molecular flexibility index (Phi) is 5.18. The molecule has 0 radical (unpaired) electrons. The molecule has 0 spiro atoms. The van der Waals surface area contributed by atoms with Crippen LogP contribution in [0.1, 0.15) is 22.8 Å². The highest BCUT2D eigenvalue weighted by atomic mass is 35.5. The number of aliphatic imine (C=N–C) groups is 1. The lowest BCUT2D eigenvalue weighted by atomic mass is 10.1. The molecule has 0 N–H and O–H groups in total. The van der Waals surface area contributed by atoms with Crippen LogP contribution in [0.2, 0.25) is 5.02 Å². The number of benzodiazepines with no additional fused rings is 1. The molecule has 0 aliphatic carbocycles. The van der Waals surface area contributed by atoms with E-state index in [-0.39, 0.29) is 11.6 Å². The van der Waals surface area contributed by atoms with Crippen molar-refractivity contribution in [1.82, 2.24) is 0 Å². The minimum atomic E-state index is -0.475. The van der Waals surface area contributed by atoms with Crippen LogP contribution in [0.3, 0.4) is 0 Å². The average Bonchev–Trinajstić information content (AvgIpc) is 2.84. The number of non-ortho nitro benzene ring substituents is 1. The molecule has 0 saturated heterocycles. The van der Waals surface area contributed by atoms with E-state index in [1.54, 1.807) is 35.4 Å². The Morgan fingerprint density at radius 2 is 2.15 bits per heavy atom. The Hall–Kier alpha value is -2.93. The Labute approximate surface area is 155 Å². The monoisotopic (exact) mass is 373 g/mol. The van der Waals surface area contributed by atoms with Crippen molar-refractivity contribution < 1.29 is 14.5 Å². The smallest absolute Gasteiger partial charge is 0.270 e. The molecule has 0 aromatic heterocycles. The van der Waals surface area contributed by atoms with Crippen LogP contribution < -0.4 is 9.64 Å².